The molecule has 1 aliphatic rings. The molecule has 8 nitrogen and oxygen atoms in total. The molecule has 1 heterocycles. The summed E-state index contributed by atoms with van der Waals surface area (Å²) in [6, 6.07) is 29.3. The highest BCUT2D eigenvalue weighted by Gasteiger charge is 2.50. The number of benzene rings is 3. The van der Waals surface area contributed by atoms with E-state index in [1.807, 2.05) is 91.0 Å². The Labute approximate surface area is 217 Å². The van der Waals surface area contributed by atoms with Crippen LogP contribution in [0, 0.1) is 16.0 Å². The van der Waals surface area contributed by atoms with Gasteiger partial charge in [-0.15, -0.1) is 0 Å². The highest BCUT2D eigenvalue weighted by molar-refractivity contribution is 5.15. The largest absolute Gasteiger partial charge is 0.374 e. The van der Waals surface area contributed by atoms with Gasteiger partial charge >= 0.3 is 0 Å². The molecular weight excluding hydrogens is 474 g/mol. The Morgan fingerprint density at radius 3 is 1.73 bits per heavy atom. The molecule has 1 saturated heterocycles. The van der Waals surface area contributed by atoms with Gasteiger partial charge in [-0.05, 0) is 16.7 Å². The molecule has 0 saturated carbocycles. The van der Waals surface area contributed by atoms with Crippen LogP contribution >= 0.6 is 0 Å². The zero-order valence-electron chi connectivity index (χ0n) is 20.9. The Balaban J connectivity index is 1.56. The van der Waals surface area contributed by atoms with Gasteiger partial charge in [0, 0.05) is 12.0 Å². The van der Waals surface area contributed by atoms with Gasteiger partial charge in [0.25, 0.3) is 0 Å². The molecule has 1 fully saturated rings. The van der Waals surface area contributed by atoms with E-state index in [-0.39, 0.29) is 24.7 Å². The molecule has 196 valence electrons. The first-order chi connectivity index (χ1) is 18.1. The second-order valence-corrected chi connectivity index (χ2v) is 8.98. The van der Waals surface area contributed by atoms with Gasteiger partial charge in [0.15, 0.2) is 6.29 Å². The summed E-state index contributed by atoms with van der Waals surface area (Å²) in [6.07, 6.45) is -2.66. The lowest BCUT2D eigenvalue weighted by molar-refractivity contribution is -0.502. The number of nitrogens with zero attached hydrogens (tertiary/aromatic N) is 1. The molecule has 0 amide bonds. The molecule has 0 bridgehead atoms. The summed E-state index contributed by atoms with van der Waals surface area (Å²) in [5.41, 5.74) is 2.97. The predicted octanol–water partition coefficient (Wildman–Crippen LogP) is 4.64. The maximum atomic E-state index is 11.6. The van der Waals surface area contributed by atoms with Crippen molar-refractivity contribution in [3.05, 3.63) is 118 Å². The molecule has 1 aliphatic heterocycles. The van der Waals surface area contributed by atoms with Gasteiger partial charge in [0.2, 0.25) is 6.54 Å². The monoisotopic (exact) mass is 507 g/mol. The molecule has 0 spiro atoms. The Morgan fingerprint density at radius 1 is 0.757 bits per heavy atom. The number of hydrogen-bond donors (Lipinski definition) is 0. The van der Waals surface area contributed by atoms with Crippen molar-refractivity contribution in [1.29, 1.82) is 0 Å². The second kappa shape index (κ2) is 14.0. The van der Waals surface area contributed by atoms with Crippen LogP contribution in [-0.4, -0.2) is 49.8 Å². The summed E-state index contributed by atoms with van der Waals surface area (Å²) in [5, 5.41) is 11.6. The van der Waals surface area contributed by atoms with Crippen molar-refractivity contribution in [1.82, 2.24) is 0 Å². The van der Waals surface area contributed by atoms with Crippen LogP contribution in [0.25, 0.3) is 0 Å². The fourth-order valence-corrected chi connectivity index (χ4v) is 4.51. The van der Waals surface area contributed by atoms with Gasteiger partial charge in [0.05, 0.1) is 26.4 Å². The first-order valence-corrected chi connectivity index (χ1v) is 12.4. The van der Waals surface area contributed by atoms with Crippen LogP contribution in [0.3, 0.4) is 0 Å². The fourth-order valence-electron chi connectivity index (χ4n) is 4.51. The molecule has 3 aromatic rings. The minimum Gasteiger partial charge on any atom is -0.374 e. The third-order valence-corrected chi connectivity index (χ3v) is 6.33. The Hall–Kier alpha value is -3.14. The summed E-state index contributed by atoms with van der Waals surface area (Å²) in [5.74, 6) is -0.671. The number of hydrogen-bond acceptors (Lipinski definition) is 7. The summed E-state index contributed by atoms with van der Waals surface area (Å²) in [4.78, 5) is 11.3. The molecule has 0 aliphatic carbocycles. The number of nitro groups is 1. The average molecular weight is 508 g/mol. The van der Waals surface area contributed by atoms with Crippen molar-refractivity contribution >= 4 is 0 Å². The van der Waals surface area contributed by atoms with Crippen LogP contribution in [0.15, 0.2) is 91.0 Å². The number of methoxy groups -OCH3 is 1. The van der Waals surface area contributed by atoms with E-state index < -0.39 is 30.5 Å². The van der Waals surface area contributed by atoms with E-state index in [1.165, 1.54) is 7.11 Å². The molecular formula is C29H33NO7. The van der Waals surface area contributed by atoms with Crippen molar-refractivity contribution < 1.29 is 28.6 Å². The third-order valence-electron chi connectivity index (χ3n) is 6.33. The van der Waals surface area contributed by atoms with E-state index in [1.54, 1.807) is 0 Å². The van der Waals surface area contributed by atoms with E-state index in [2.05, 4.69) is 0 Å². The Morgan fingerprint density at radius 2 is 1.24 bits per heavy atom. The SMILES string of the molecule is CO[C@@H]1O[C@H](COCc2ccccc2)[C@@H](OCc2ccccc2)[C@H](OCc2ccccc2)[C@H]1C[N+](=O)[O-]. The smallest absolute Gasteiger partial charge is 0.214 e. The lowest BCUT2D eigenvalue weighted by Crippen LogP contribution is -2.59. The van der Waals surface area contributed by atoms with Crippen molar-refractivity contribution in [2.24, 2.45) is 5.92 Å². The summed E-state index contributed by atoms with van der Waals surface area (Å²) < 4.78 is 30.5. The first kappa shape index (κ1) is 26.9. The molecule has 37 heavy (non-hydrogen) atoms. The Bertz CT molecular complexity index is 1070. The second-order valence-electron chi connectivity index (χ2n) is 8.98. The van der Waals surface area contributed by atoms with Crippen LogP contribution in [0.1, 0.15) is 16.7 Å². The van der Waals surface area contributed by atoms with E-state index in [0.29, 0.717) is 13.2 Å². The summed E-state index contributed by atoms with van der Waals surface area (Å²) in [6.45, 7) is 0.819. The molecule has 0 aromatic heterocycles. The highest BCUT2D eigenvalue weighted by atomic mass is 16.7. The van der Waals surface area contributed by atoms with Gasteiger partial charge in [-0.3, -0.25) is 10.1 Å². The van der Waals surface area contributed by atoms with Crippen molar-refractivity contribution in [3.63, 3.8) is 0 Å². The Kier molecular flexibility index (Phi) is 10.2. The van der Waals surface area contributed by atoms with Gasteiger partial charge in [-0.25, -0.2) is 0 Å². The fraction of sp³-hybridized carbons (Fsp3) is 0.379. The molecule has 0 unspecified atom stereocenters. The lowest BCUT2D eigenvalue weighted by atomic mass is 9.90. The predicted molar refractivity (Wildman–Crippen MR) is 137 cm³/mol. The molecule has 4 rings (SSSR count). The molecule has 3 aromatic carbocycles. The number of ether oxygens (including phenoxy) is 5. The van der Waals surface area contributed by atoms with Crippen molar-refractivity contribution in [2.75, 3.05) is 20.3 Å². The zero-order valence-corrected chi connectivity index (χ0v) is 20.9. The minimum absolute atomic E-state index is 0.213. The van der Waals surface area contributed by atoms with Crippen LogP contribution in [0.4, 0.5) is 0 Å². The van der Waals surface area contributed by atoms with E-state index in [4.69, 9.17) is 23.7 Å². The van der Waals surface area contributed by atoms with Gasteiger partial charge < -0.3 is 23.7 Å². The molecule has 0 N–H and O–H groups in total. The lowest BCUT2D eigenvalue weighted by Gasteiger charge is -2.44. The minimum atomic E-state index is -0.840. The molecule has 0 radical (unpaired) electrons. The maximum Gasteiger partial charge on any atom is 0.214 e. The van der Waals surface area contributed by atoms with E-state index >= 15 is 0 Å². The van der Waals surface area contributed by atoms with Crippen LogP contribution in [0.2, 0.25) is 0 Å². The van der Waals surface area contributed by atoms with Crippen LogP contribution < -0.4 is 0 Å². The standard InChI is InChI=1S/C29H33NO7/c1-33-29-25(17-30(31)32)27(35-19-23-13-7-3-8-14-23)28(36-20-24-15-9-4-10-16-24)26(37-29)21-34-18-22-11-5-2-6-12-22/h2-16,25-29H,17-21H2,1H3/t25-,26-,27-,28-,29-/m1/s1. The average Bonchev–Trinajstić information content (AvgIpc) is 2.93. The third kappa shape index (κ3) is 7.92. The van der Waals surface area contributed by atoms with Crippen LogP contribution in [-0.2, 0) is 43.5 Å². The summed E-state index contributed by atoms with van der Waals surface area (Å²) in [7, 11) is 1.49. The normalized spacial score (nSPS) is 23.5. The van der Waals surface area contributed by atoms with Crippen LogP contribution in [0.5, 0.6) is 0 Å². The topological polar surface area (TPSA) is 89.3 Å². The van der Waals surface area contributed by atoms with Gasteiger partial charge in [0.1, 0.15) is 24.2 Å². The van der Waals surface area contributed by atoms with Crippen molar-refractivity contribution in [3.8, 4) is 0 Å². The zero-order chi connectivity index (χ0) is 25.9. The van der Waals surface area contributed by atoms with E-state index in [0.717, 1.165) is 16.7 Å². The van der Waals surface area contributed by atoms with Gasteiger partial charge in [-0.1, -0.05) is 91.0 Å². The van der Waals surface area contributed by atoms with E-state index in [9.17, 15) is 10.1 Å². The number of rotatable bonds is 13. The van der Waals surface area contributed by atoms with Gasteiger partial charge in [-0.2, -0.15) is 0 Å². The molecule has 8 heteroatoms. The maximum absolute atomic E-state index is 11.6. The van der Waals surface area contributed by atoms with Crippen molar-refractivity contribution in [2.45, 2.75) is 44.4 Å². The highest BCUT2D eigenvalue weighted by Crippen LogP contribution is 2.33. The first-order valence-electron chi connectivity index (χ1n) is 12.4. The molecule has 5 atom stereocenters. The quantitative estimate of drug-likeness (QED) is 0.246. The summed E-state index contributed by atoms with van der Waals surface area (Å²) >= 11 is 0.